The van der Waals surface area contributed by atoms with E-state index in [9.17, 15) is 4.39 Å². The van der Waals surface area contributed by atoms with Crippen LogP contribution in [0.1, 0.15) is 4.88 Å². The van der Waals surface area contributed by atoms with Crippen molar-refractivity contribution in [2.24, 2.45) is 0 Å². The molecule has 2 rings (SSSR count). The largest absolute Gasteiger partial charge is 0.379 e. The Morgan fingerprint density at radius 2 is 2.20 bits per heavy atom. The zero-order valence-electron chi connectivity index (χ0n) is 7.84. The number of hydrogen-bond acceptors (Lipinski definition) is 2. The molecule has 4 heteroatoms. The van der Waals surface area contributed by atoms with Gasteiger partial charge in [0.25, 0.3) is 0 Å². The average Bonchev–Trinajstić information content (AvgIpc) is 2.72. The van der Waals surface area contributed by atoms with Crippen LogP contribution in [0.4, 0.5) is 10.1 Å². The molecule has 0 unspecified atom stereocenters. The lowest BCUT2D eigenvalue weighted by atomic mass is 10.3. The van der Waals surface area contributed by atoms with Crippen molar-refractivity contribution in [3.8, 4) is 0 Å². The first kappa shape index (κ1) is 10.6. The Morgan fingerprint density at radius 3 is 2.93 bits per heavy atom. The lowest BCUT2D eigenvalue weighted by molar-refractivity contribution is 0.628. The molecule has 0 amide bonds. The van der Waals surface area contributed by atoms with Crippen molar-refractivity contribution in [3.63, 3.8) is 0 Å². The van der Waals surface area contributed by atoms with Gasteiger partial charge in [-0.25, -0.2) is 4.39 Å². The summed E-state index contributed by atoms with van der Waals surface area (Å²) in [5.74, 6) is -0.230. The van der Waals surface area contributed by atoms with Crippen LogP contribution >= 0.6 is 27.3 Å². The summed E-state index contributed by atoms with van der Waals surface area (Å²) in [5.41, 5.74) is 0.781. The van der Waals surface area contributed by atoms with Gasteiger partial charge < -0.3 is 5.32 Å². The van der Waals surface area contributed by atoms with E-state index in [1.54, 1.807) is 17.4 Å². The van der Waals surface area contributed by atoms with E-state index in [0.29, 0.717) is 0 Å². The maximum absolute atomic E-state index is 13.0. The lowest BCUT2D eigenvalue weighted by Gasteiger charge is -2.07. The van der Waals surface area contributed by atoms with Crippen LogP contribution in [0.3, 0.4) is 0 Å². The summed E-state index contributed by atoms with van der Waals surface area (Å²) in [6.07, 6.45) is 0. The number of hydrogen-bond donors (Lipinski definition) is 1. The molecule has 0 aliphatic heterocycles. The average molecular weight is 286 g/mol. The Kier molecular flexibility index (Phi) is 3.38. The monoisotopic (exact) mass is 285 g/mol. The lowest BCUT2D eigenvalue weighted by Crippen LogP contribution is -1.98. The minimum atomic E-state index is -0.230. The van der Waals surface area contributed by atoms with Gasteiger partial charge in [0.05, 0.1) is 5.69 Å². The van der Waals surface area contributed by atoms with Crippen molar-refractivity contribution in [1.29, 1.82) is 0 Å². The van der Waals surface area contributed by atoms with Gasteiger partial charge >= 0.3 is 0 Å². The van der Waals surface area contributed by atoms with Crippen molar-refractivity contribution >= 4 is 33.0 Å². The van der Waals surface area contributed by atoms with Crippen LogP contribution in [-0.4, -0.2) is 0 Å². The van der Waals surface area contributed by atoms with Crippen molar-refractivity contribution in [3.05, 3.63) is 50.9 Å². The SMILES string of the molecule is Fc1ccc(Br)c(NCc2cccs2)c1. The number of benzene rings is 1. The second-order valence-electron chi connectivity index (χ2n) is 3.06. The number of anilines is 1. The van der Waals surface area contributed by atoms with E-state index in [4.69, 9.17) is 0 Å². The van der Waals surface area contributed by atoms with E-state index in [2.05, 4.69) is 21.2 Å². The van der Waals surface area contributed by atoms with Gasteiger partial charge in [-0.2, -0.15) is 0 Å². The number of thiophene rings is 1. The second-order valence-corrected chi connectivity index (χ2v) is 4.94. The fourth-order valence-electron chi connectivity index (χ4n) is 1.23. The normalized spacial score (nSPS) is 10.3. The molecule has 1 N–H and O–H groups in total. The van der Waals surface area contributed by atoms with Crippen LogP contribution in [0, 0.1) is 5.82 Å². The molecule has 1 aromatic heterocycles. The van der Waals surface area contributed by atoms with Gasteiger partial charge in [-0.05, 0) is 45.6 Å². The van der Waals surface area contributed by atoms with Gasteiger partial charge in [-0.15, -0.1) is 11.3 Å². The van der Waals surface area contributed by atoms with Gasteiger partial charge in [0, 0.05) is 15.9 Å². The van der Waals surface area contributed by atoms with Crippen LogP contribution in [0.25, 0.3) is 0 Å². The minimum absolute atomic E-state index is 0.230. The highest BCUT2D eigenvalue weighted by atomic mass is 79.9. The highest BCUT2D eigenvalue weighted by Crippen LogP contribution is 2.24. The third-order valence-electron chi connectivity index (χ3n) is 1.96. The van der Waals surface area contributed by atoms with Crippen LogP contribution in [-0.2, 0) is 6.54 Å². The summed E-state index contributed by atoms with van der Waals surface area (Å²) in [5, 5.41) is 5.21. The fraction of sp³-hybridized carbons (Fsp3) is 0.0909. The molecule has 2 aromatic rings. The Balaban J connectivity index is 2.07. The molecule has 78 valence electrons. The molecule has 0 aliphatic carbocycles. The first-order chi connectivity index (χ1) is 7.25. The molecule has 0 saturated heterocycles. The maximum Gasteiger partial charge on any atom is 0.125 e. The Labute approximate surface area is 100 Å². The van der Waals surface area contributed by atoms with Crippen LogP contribution in [0.5, 0.6) is 0 Å². The summed E-state index contributed by atoms with van der Waals surface area (Å²) in [4.78, 5) is 1.23. The Morgan fingerprint density at radius 1 is 1.33 bits per heavy atom. The summed E-state index contributed by atoms with van der Waals surface area (Å²) >= 11 is 5.05. The van der Waals surface area contributed by atoms with Crippen LogP contribution in [0.15, 0.2) is 40.2 Å². The standard InChI is InChI=1S/C11H9BrFNS/c12-10-4-3-8(13)6-11(10)14-7-9-2-1-5-15-9/h1-6,14H,7H2. The predicted octanol–water partition coefficient (Wildman–Crippen LogP) is 4.26. The van der Waals surface area contributed by atoms with Gasteiger partial charge in [0.1, 0.15) is 5.82 Å². The van der Waals surface area contributed by atoms with E-state index >= 15 is 0 Å². The minimum Gasteiger partial charge on any atom is -0.379 e. The molecule has 0 saturated carbocycles. The van der Waals surface area contributed by atoms with Crippen molar-refractivity contribution < 1.29 is 4.39 Å². The summed E-state index contributed by atoms with van der Waals surface area (Å²) in [7, 11) is 0. The quantitative estimate of drug-likeness (QED) is 0.888. The molecule has 0 aliphatic rings. The van der Waals surface area contributed by atoms with Gasteiger partial charge in [-0.3, -0.25) is 0 Å². The Bertz CT molecular complexity index is 442. The van der Waals surface area contributed by atoms with Crippen molar-refractivity contribution in [2.75, 3.05) is 5.32 Å². The van der Waals surface area contributed by atoms with Crippen LogP contribution in [0.2, 0.25) is 0 Å². The number of nitrogens with one attached hydrogen (secondary N) is 1. The molecular formula is C11H9BrFNS. The number of halogens is 2. The molecule has 1 aromatic carbocycles. The van der Waals surface area contributed by atoms with Crippen molar-refractivity contribution in [1.82, 2.24) is 0 Å². The first-order valence-corrected chi connectivity index (χ1v) is 6.14. The fourth-order valence-corrected chi connectivity index (χ4v) is 2.26. The maximum atomic E-state index is 13.0. The molecular weight excluding hydrogens is 277 g/mol. The van der Waals surface area contributed by atoms with E-state index < -0.39 is 0 Å². The molecule has 1 heterocycles. The third-order valence-corrected chi connectivity index (χ3v) is 3.53. The van der Waals surface area contributed by atoms with Gasteiger partial charge in [-0.1, -0.05) is 6.07 Å². The molecule has 1 nitrogen and oxygen atoms in total. The third kappa shape index (κ3) is 2.79. The molecule has 0 atom stereocenters. The van der Waals surface area contributed by atoms with Gasteiger partial charge in [0.2, 0.25) is 0 Å². The summed E-state index contributed by atoms with van der Waals surface area (Å²) < 4.78 is 13.8. The van der Waals surface area contributed by atoms with E-state index in [1.165, 1.54) is 17.0 Å². The smallest absolute Gasteiger partial charge is 0.125 e. The zero-order chi connectivity index (χ0) is 10.7. The number of rotatable bonds is 3. The first-order valence-electron chi connectivity index (χ1n) is 4.47. The second kappa shape index (κ2) is 4.77. The summed E-state index contributed by atoms with van der Waals surface area (Å²) in [6.45, 7) is 0.722. The molecule has 0 fully saturated rings. The topological polar surface area (TPSA) is 12.0 Å². The highest BCUT2D eigenvalue weighted by Gasteiger charge is 2.01. The van der Waals surface area contributed by atoms with E-state index in [-0.39, 0.29) is 5.82 Å². The van der Waals surface area contributed by atoms with Gasteiger partial charge in [0.15, 0.2) is 0 Å². The Hall–Kier alpha value is -0.870. The molecule has 0 bridgehead atoms. The molecule has 0 radical (unpaired) electrons. The zero-order valence-corrected chi connectivity index (χ0v) is 10.2. The predicted molar refractivity (Wildman–Crippen MR) is 65.7 cm³/mol. The van der Waals surface area contributed by atoms with E-state index in [0.717, 1.165) is 16.7 Å². The molecule has 15 heavy (non-hydrogen) atoms. The molecule has 0 spiro atoms. The van der Waals surface area contributed by atoms with E-state index in [1.807, 2.05) is 17.5 Å². The summed E-state index contributed by atoms with van der Waals surface area (Å²) in [6, 6.07) is 8.66. The van der Waals surface area contributed by atoms with Crippen molar-refractivity contribution in [2.45, 2.75) is 6.54 Å². The van der Waals surface area contributed by atoms with Crippen LogP contribution < -0.4 is 5.32 Å². The highest BCUT2D eigenvalue weighted by molar-refractivity contribution is 9.10.